The summed E-state index contributed by atoms with van der Waals surface area (Å²) in [7, 11) is 0. The van der Waals surface area contributed by atoms with Crippen molar-refractivity contribution in [3.8, 4) is 0 Å². The van der Waals surface area contributed by atoms with E-state index in [4.69, 9.17) is 0 Å². The Kier molecular flexibility index (Phi) is 6.20. The van der Waals surface area contributed by atoms with E-state index in [0.717, 1.165) is 17.7 Å². The van der Waals surface area contributed by atoms with Crippen molar-refractivity contribution >= 4 is 5.91 Å². The van der Waals surface area contributed by atoms with Crippen LogP contribution in [0, 0.1) is 0 Å². The van der Waals surface area contributed by atoms with Gasteiger partial charge in [0.2, 0.25) is 5.91 Å². The van der Waals surface area contributed by atoms with Crippen LogP contribution >= 0.6 is 0 Å². The van der Waals surface area contributed by atoms with Gasteiger partial charge in [-0.15, -0.1) is 0 Å². The standard InChI is InChI=1S/C15H21F3N2O/c1-4-20(5-2)14(21)10-19-11(3)12-6-8-13(9-7-12)15(16,17)18/h6-9,11,19H,4-5,10H2,1-3H3. The van der Waals surface area contributed by atoms with Crippen LogP contribution < -0.4 is 5.32 Å². The fourth-order valence-corrected chi connectivity index (χ4v) is 2.01. The van der Waals surface area contributed by atoms with Gasteiger partial charge in [0.05, 0.1) is 12.1 Å². The van der Waals surface area contributed by atoms with Crippen LogP contribution in [0.25, 0.3) is 0 Å². The summed E-state index contributed by atoms with van der Waals surface area (Å²) in [5.41, 5.74) is 0.0491. The van der Waals surface area contributed by atoms with E-state index >= 15 is 0 Å². The Balaban J connectivity index is 2.60. The lowest BCUT2D eigenvalue weighted by Crippen LogP contribution is -2.38. The number of rotatable bonds is 6. The van der Waals surface area contributed by atoms with Crippen LogP contribution in [0.4, 0.5) is 13.2 Å². The van der Waals surface area contributed by atoms with Gasteiger partial charge in [-0.25, -0.2) is 0 Å². The van der Waals surface area contributed by atoms with Crippen LogP contribution in [0.2, 0.25) is 0 Å². The summed E-state index contributed by atoms with van der Waals surface area (Å²) in [6.45, 7) is 7.08. The molecule has 0 radical (unpaired) electrons. The molecule has 0 aliphatic heterocycles. The van der Waals surface area contributed by atoms with Crippen molar-refractivity contribution in [2.45, 2.75) is 33.0 Å². The van der Waals surface area contributed by atoms with Crippen molar-refractivity contribution in [1.29, 1.82) is 0 Å². The molecule has 0 aliphatic carbocycles. The summed E-state index contributed by atoms with van der Waals surface area (Å²) in [6.07, 6.45) is -4.33. The first-order valence-corrected chi connectivity index (χ1v) is 6.97. The Morgan fingerprint density at radius 3 is 2.14 bits per heavy atom. The summed E-state index contributed by atoms with van der Waals surface area (Å²) in [4.78, 5) is 13.5. The Morgan fingerprint density at radius 1 is 1.19 bits per heavy atom. The number of carbonyl (C=O) groups is 1. The SMILES string of the molecule is CCN(CC)C(=O)CNC(C)c1ccc(C(F)(F)F)cc1. The Labute approximate surface area is 123 Å². The van der Waals surface area contributed by atoms with E-state index < -0.39 is 11.7 Å². The predicted molar refractivity (Wildman–Crippen MR) is 75.8 cm³/mol. The van der Waals surface area contributed by atoms with Crippen LogP contribution in [0.1, 0.15) is 37.9 Å². The highest BCUT2D eigenvalue weighted by Gasteiger charge is 2.30. The molecule has 118 valence electrons. The van der Waals surface area contributed by atoms with Crippen molar-refractivity contribution in [3.05, 3.63) is 35.4 Å². The van der Waals surface area contributed by atoms with Gasteiger partial charge in [-0.2, -0.15) is 13.2 Å². The summed E-state index contributed by atoms with van der Waals surface area (Å²) in [5, 5.41) is 3.03. The Morgan fingerprint density at radius 2 is 1.71 bits per heavy atom. The molecule has 1 rings (SSSR count). The van der Waals surface area contributed by atoms with Gasteiger partial charge in [0.15, 0.2) is 0 Å². The van der Waals surface area contributed by atoms with Crippen molar-refractivity contribution in [1.82, 2.24) is 10.2 Å². The van der Waals surface area contributed by atoms with Crippen LogP contribution in [0.3, 0.4) is 0 Å². The van der Waals surface area contributed by atoms with Gasteiger partial charge >= 0.3 is 6.18 Å². The average molecular weight is 302 g/mol. The minimum atomic E-state index is -4.33. The molecule has 0 saturated carbocycles. The fourth-order valence-electron chi connectivity index (χ4n) is 2.01. The number of alkyl halides is 3. The van der Waals surface area contributed by atoms with E-state index in [0.29, 0.717) is 13.1 Å². The zero-order chi connectivity index (χ0) is 16.0. The number of hydrogen-bond acceptors (Lipinski definition) is 2. The number of hydrogen-bond donors (Lipinski definition) is 1. The van der Waals surface area contributed by atoms with E-state index in [9.17, 15) is 18.0 Å². The van der Waals surface area contributed by atoms with Gasteiger partial charge < -0.3 is 10.2 Å². The lowest BCUT2D eigenvalue weighted by molar-refractivity contribution is -0.137. The number of halogens is 3. The summed E-state index contributed by atoms with van der Waals surface area (Å²) < 4.78 is 37.4. The highest BCUT2D eigenvalue weighted by atomic mass is 19.4. The molecular formula is C15H21F3N2O. The third-order valence-electron chi connectivity index (χ3n) is 3.41. The third kappa shape index (κ3) is 5.04. The second kappa shape index (κ2) is 7.45. The molecule has 6 heteroatoms. The zero-order valence-corrected chi connectivity index (χ0v) is 12.5. The van der Waals surface area contributed by atoms with E-state index in [1.807, 2.05) is 20.8 Å². The topological polar surface area (TPSA) is 32.3 Å². The largest absolute Gasteiger partial charge is 0.416 e. The summed E-state index contributed by atoms with van der Waals surface area (Å²) >= 11 is 0. The van der Waals surface area contributed by atoms with Crippen molar-refractivity contribution in [2.24, 2.45) is 0 Å². The number of amides is 1. The minimum Gasteiger partial charge on any atom is -0.342 e. The molecule has 3 nitrogen and oxygen atoms in total. The van der Waals surface area contributed by atoms with E-state index in [1.54, 1.807) is 4.90 Å². The molecule has 0 aliphatic rings. The third-order valence-corrected chi connectivity index (χ3v) is 3.41. The van der Waals surface area contributed by atoms with Crippen molar-refractivity contribution < 1.29 is 18.0 Å². The van der Waals surface area contributed by atoms with Gasteiger partial charge in [0.25, 0.3) is 0 Å². The molecule has 0 heterocycles. The summed E-state index contributed by atoms with van der Waals surface area (Å²) in [6, 6.07) is 4.79. The van der Waals surface area contributed by atoms with E-state index in [1.165, 1.54) is 12.1 Å². The molecule has 21 heavy (non-hydrogen) atoms. The second-order valence-electron chi connectivity index (χ2n) is 4.79. The van der Waals surface area contributed by atoms with Crippen LogP contribution in [0.15, 0.2) is 24.3 Å². The predicted octanol–water partition coefficient (Wildman–Crippen LogP) is 3.22. The van der Waals surface area contributed by atoms with Gasteiger partial charge in [0, 0.05) is 19.1 Å². The Hall–Kier alpha value is -1.56. The quantitative estimate of drug-likeness (QED) is 0.875. The molecule has 0 bridgehead atoms. The smallest absolute Gasteiger partial charge is 0.342 e. The molecule has 1 amide bonds. The minimum absolute atomic E-state index is 0.0150. The number of carbonyl (C=O) groups excluding carboxylic acids is 1. The molecule has 0 aromatic heterocycles. The molecule has 1 aromatic rings. The van der Waals surface area contributed by atoms with Crippen LogP contribution in [-0.4, -0.2) is 30.4 Å². The van der Waals surface area contributed by atoms with E-state index in [-0.39, 0.29) is 18.5 Å². The van der Waals surface area contributed by atoms with Crippen molar-refractivity contribution in [2.75, 3.05) is 19.6 Å². The lowest BCUT2D eigenvalue weighted by atomic mass is 10.1. The average Bonchev–Trinajstić information content (AvgIpc) is 2.45. The zero-order valence-electron chi connectivity index (χ0n) is 12.5. The number of nitrogens with zero attached hydrogens (tertiary/aromatic N) is 1. The first kappa shape index (κ1) is 17.5. The number of nitrogens with one attached hydrogen (secondary N) is 1. The van der Waals surface area contributed by atoms with Gasteiger partial charge in [-0.3, -0.25) is 4.79 Å². The Bertz CT molecular complexity index is 453. The second-order valence-corrected chi connectivity index (χ2v) is 4.79. The number of benzene rings is 1. The van der Waals surface area contributed by atoms with Gasteiger partial charge in [0.1, 0.15) is 0 Å². The number of likely N-dealkylation sites (N-methyl/N-ethyl adjacent to an activating group) is 1. The highest BCUT2D eigenvalue weighted by molar-refractivity contribution is 5.78. The van der Waals surface area contributed by atoms with Gasteiger partial charge in [-0.05, 0) is 38.5 Å². The summed E-state index contributed by atoms with van der Waals surface area (Å²) in [5.74, 6) is -0.0150. The lowest BCUT2D eigenvalue weighted by Gasteiger charge is -2.21. The van der Waals surface area contributed by atoms with Gasteiger partial charge in [-0.1, -0.05) is 12.1 Å². The molecule has 0 saturated heterocycles. The molecular weight excluding hydrogens is 281 g/mol. The molecule has 1 aromatic carbocycles. The van der Waals surface area contributed by atoms with E-state index in [2.05, 4.69) is 5.32 Å². The molecule has 1 atom stereocenters. The fraction of sp³-hybridized carbons (Fsp3) is 0.533. The molecule has 1 unspecified atom stereocenters. The normalized spacial score (nSPS) is 13.0. The van der Waals surface area contributed by atoms with Crippen LogP contribution in [-0.2, 0) is 11.0 Å². The molecule has 0 fully saturated rings. The maximum atomic E-state index is 12.5. The van der Waals surface area contributed by atoms with Crippen LogP contribution in [0.5, 0.6) is 0 Å². The first-order chi connectivity index (χ1) is 9.79. The highest BCUT2D eigenvalue weighted by Crippen LogP contribution is 2.29. The van der Waals surface area contributed by atoms with Crippen molar-refractivity contribution in [3.63, 3.8) is 0 Å². The maximum Gasteiger partial charge on any atom is 0.416 e. The first-order valence-electron chi connectivity index (χ1n) is 6.97. The monoisotopic (exact) mass is 302 g/mol. The maximum absolute atomic E-state index is 12.5. The molecule has 0 spiro atoms. The molecule has 1 N–H and O–H groups in total.